The van der Waals surface area contributed by atoms with Crippen molar-refractivity contribution in [3.63, 3.8) is 0 Å². The molecule has 0 atom stereocenters. The van der Waals surface area contributed by atoms with Crippen LogP contribution in [0.25, 0.3) is 11.3 Å². The maximum absolute atomic E-state index is 11.8. The lowest BCUT2D eigenvalue weighted by Gasteiger charge is -2.57. The number of hydrogen-bond donors (Lipinski definition) is 1. The molecule has 1 aliphatic heterocycles. The maximum Gasteiger partial charge on any atom is 0.168 e. The molecular formula is C23H25Cl2NO4. The van der Waals surface area contributed by atoms with Gasteiger partial charge in [-0.1, -0.05) is 34.4 Å². The Labute approximate surface area is 185 Å². The van der Waals surface area contributed by atoms with Crippen LogP contribution in [-0.2, 0) is 15.1 Å². The Morgan fingerprint density at radius 3 is 2.20 bits per heavy atom. The molecule has 2 spiro atoms. The summed E-state index contributed by atoms with van der Waals surface area (Å²) in [5, 5.41) is 17.2. The predicted octanol–water partition coefficient (Wildman–Crippen LogP) is 5.81. The van der Waals surface area contributed by atoms with Crippen molar-refractivity contribution >= 4 is 23.2 Å². The van der Waals surface area contributed by atoms with Gasteiger partial charge in [0, 0.05) is 24.3 Å². The first-order chi connectivity index (χ1) is 14.4. The van der Waals surface area contributed by atoms with E-state index in [9.17, 15) is 5.11 Å². The summed E-state index contributed by atoms with van der Waals surface area (Å²) in [5.74, 6) is 0.761. The van der Waals surface area contributed by atoms with Gasteiger partial charge in [-0.05, 0) is 56.1 Å². The van der Waals surface area contributed by atoms with E-state index in [4.69, 9.17) is 37.2 Å². The molecule has 1 aromatic carbocycles. The summed E-state index contributed by atoms with van der Waals surface area (Å²) < 4.78 is 17.6. The zero-order valence-electron chi connectivity index (χ0n) is 16.8. The monoisotopic (exact) mass is 449 g/mol. The van der Waals surface area contributed by atoms with Crippen LogP contribution in [0.15, 0.2) is 22.7 Å². The molecule has 30 heavy (non-hydrogen) atoms. The summed E-state index contributed by atoms with van der Waals surface area (Å²) in [6.07, 6.45) is 7.32. The first-order valence-electron chi connectivity index (χ1n) is 10.9. The van der Waals surface area contributed by atoms with E-state index in [1.807, 2.05) is 6.07 Å². The smallest absolute Gasteiger partial charge is 0.168 e. The van der Waals surface area contributed by atoms with Gasteiger partial charge in [-0.2, -0.15) is 0 Å². The van der Waals surface area contributed by atoms with Crippen molar-refractivity contribution in [2.45, 2.75) is 68.7 Å². The second-order valence-electron chi connectivity index (χ2n) is 9.63. The molecule has 4 aliphatic rings. The Hall–Kier alpha value is -1.11. The predicted molar refractivity (Wildman–Crippen MR) is 113 cm³/mol. The van der Waals surface area contributed by atoms with Crippen molar-refractivity contribution in [3.05, 3.63) is 39.6 Å². The molecule has 5 nitrogen and oxygen atoms in total. The minimum atomic E-state index is -0.961. The fourth-order valence-corrected chi connectivity index (χ4v) is 6.51. The van der Waals surface area contributed by atoms with Gasteiger partial charge >= 0.3 is 0 Å². The van der Waals surface area contributed by atoms with Crippen LogP contribution >= 0.6 is 23.2 Å². The second-order valence-corrected chi connectivity index (χ2v) is 10.4. The van der Waals surface area contributed by atoms with E-state index in [1.165, 1.54) is 0 Å². The second kappa shape index (κ2) is 6.69. The highest BCUT2D eigenvalue weighted by molar-refractivity contribution is 6.39. The summed E-state index contributed by atoms with van der Waals surface area (Å²) in [6.45, 7) is 1.37. The standard InChI is InChI=1S/C23H25Cl2NO4/c24-15-2-1-3-16(25)17(15)19-18(20(30-26-19)14-4-5-14)22(27)12-21(13-22)6-8-23(9-7-21)28-10-11-29-23/h1-3,14,27H,4-13H2. The molecule has 2 aromatic rings. The third kappa shape index (κ3) is 2.97. The molecule has 3 aliphatic carbocycles. The van der Waals surface area contributed by atoms with Gasteiger partial charge in [0.1, 0.15) is 11.5 Å². The third-order valence-electron chi connectivity index (χ3n) is 7.55. The molecule has 0 bridgehead atoms. The van der Waals surface area contributed by atoms with Crippen LogP contribution in [0.5, 0.6) is 0 Å². The van der Waals surface area contributed by atoms with Gasteiger partial charge in [0.15, 0.2) is 5.79 Å². The van der Waals surface area contributed by atoms with Crippen LogP contribution in [-0.4, -0.2) is 29.3 Å². The number of rotatable bonds is 3. The van der Waals surface area contributed by atoms with E-state index >= 15 is 0 Å². The Kier molecular flexibility index (Phi) is 4.37. The van der Waals surface area contributed by atoms with E-state index in [0.29, 0.717) is 53.3 Å². The lowest BCUT2D eigenvalue weighted by molar-refractivity contribution is -0.226. The van der Waals surface area contributed by atoms with Crippen molar-refractivity contribution < 1.29 is 19.1 Å². The lowest BCUT2D eigenvalue weighted by Crippen LogP contribution is -2.54. The minimum absolute atomic E-state index is 0.120. The van der Waals surface area contributed by atoms with Gasteiger partial charge < -0.3 is 19.1 Å². The quantitative estimate of drug-likeness (QED) is 0.639. The molecule has 3 saturated carbocycles. The Balaban J connectivity index is 1.33. The molecule has 1 saturated heterocycles. The summed E-state index contributed by atoms with van der Waals surface area (Å²) in [6, 6.07) is 5.41. The van der Waals surface area contributed by atoms with E-state index < -0.39 is 5.60 Å². The van der Waals surface area contributed by atoms with E-state index in [-0.39, 0.29) is 11.2 Å². The number of benzene rings is 1. The lowest BCUT2D eigenvalue weighted by atomic mass is 9.51. The zero-order chi connectivity index (χ0) is 20.6. The van der Waals surface area contributed by atoms with Gasteiger partial charge in [-0.15, -0.1) is 0 Å². The topological polar surface area (TPSA) is 64.7 Å². The number of aromatic nitrogens is 1. The number of hydrogen-bond acceptors (Lipinski definition) is 5. The molecular weight excluding hydrogens is 425 g/mol. The largest absolute Gasteiger partial charge is 0.385 e. The molecule has 0 unspecified atom stereocenters. The molecule has 160 valence electrons. The third-order valence-corrected chi connectivity index (χ3v) is 8.18. The molecule has 7 heteroatoms. The Morgan fingerprint density at radius 2 is 1.60 bits per heavy atom. The van der Waals surface area contributed by atoms with Crippen LogP contribution in [0, 0.1) is 5.41 Å². The molecule has 0 amide bonds. The van der Waals surface area contributed by atoms with Crippen molar-refractivity contribution in [2.75, 3.05) is 13.2 Å². The Bertz CT molecular complexity index is 955. The van der Waals surface area contributed by atoms with Crippen LogP contribution in [0.2, 0.25) is 10.0 Å². The van der Waals surface area contributed by atoms with Crippen molar-refractivity contribution in [1.29, 1.82) is 0 Å². The first kappa shape index (κ1) is 19.6. The van der Waals surface area contributed by atoms with E-state index in [2.05, 4.69) is 5.16 Å². The van der Waals surface area contributed by atoms with E-state index in [0.717, 1.165) is 49.8 Å². The molecule has 1 N–H and O–H groups in total. The highest BCUT2D eigenvalue weighted by Crippen LogP contribution is 2.65. The van der Waals surface area contributed by atoms with Gasteiger partial charge in [0.2, 0.25) is 0 Å². The number of aliphatic hydroxyl groups is 1. The van der Waals surface area contributed by atoms with Gasteiger partial charge in [-0.25, -0.2) is 0 Å². The van der Waals surface area contributed by atoms with Crippen LogP contribution in [0.4, 0.5) is 0 Å². The van der Waals surface area contributed by atoms with E-state index in [1.54, 1.807) is 12.1 Å². The minimum Gasteiger partial charge on any atom is -0.385 e. The summed E-state index contributed by atoms with van der Waals surface area (Å²) >= 11 is 13.0. The SMILES string of the molecule is OC1(c2c(-c3c(Cl)cccc3Cl)noc2C2CC2)CC2(CCC3(CC2)OCCO3)C1. The maximum atomic E-state index is 11.8. The van der Waals surface area contributed by atoms with Crippen molar-refractivity contribution in [3.8, 4) is 11.3 Å². The van der Waals surface area contributed by atoms with Gasteiger partial charge in [0.25, 0.3) is 0 Å². The first-order valence-corrected chi connectivity index (χ1v) is 11.6. The van der Waals surface area contributed by atoms with Crippen LogP contribution in [0.3, 0.4) is 0 Å². The van der Waals surface area contributed by atoms with Gasteiger partial charge in [0.05, 0.1) is 34.4 Å². The number of halogens is 2. The zero-order valence-corrected chi connectivity index (χ0v) is 18.3. The summed E-state index contributed by atoms with van der Waals surface area (Å²) in [7, 11) is 0. The van der Waals surface area contributed by atoms with Crippen molar-refractivity contribution in [2.24, 2.45) is 5.41 Å². The van der Waals surface area contributed by atoms with Gasteiger partial charge in [-0.3, -0.25) is 0 Å². The number of ether oxygens (including phenoxy) is 2. The molecule has 6 rings (SSSR count). The van der Waals surface area contributed by atoms with Crippen LogP contribution in [0.1, 0.15) is 68.6 Å². The Morgan fingerprint density at radius 1 is 0.967 bits per heavy atom. The van der Waals surface area contributed by atoms with Crippen molar-refractivity contribution in [1.82, 2.24) is 5.16 Å². The molecule has 0 radical (unpaired) electrons. The summed E-state index contributed by atoms with van der Waals surface area (Å²) in [4.78, 5) is 0. The average molecular weight is 450 g/mol. The highest BCUT2D eigenvalue weighted by Gasteiger charge is 2.60. The molecule has 4 fully saturated rings. The van der Waals surface area contributed by atoms with Crippen LogP contribution < -0.4 is 0 Å². The normalized spacial score (nSPS) is 26.2. The molecule has 1 aromatic heterocycles. The molecule has 2 heterocycles. The average Bonchev–Trinajstić information content (AvgIpc) is 3.28. The fourth-order valence-electron chi connectivity index (χ4n) is 5.94. The highest BCUT2D eigenvalue weighted by atomic mass is 35.5. The fraction of sp³-hybridized carbons (Fsp3) is 0.609. The summed E-state index contributed by atoms with van der Waals surface area (Å²) in [5.41, 5.74) is 1.21. The number of nitrogens with zero attached hydrogens (tertiary/aromatic N) is 1.